The van der Waals surface area contributed by atoms with Crippen LogP contribution in [0.25, 0.3) is 10.6 Å². The number of carbonyl (C=O) groups excluding carboxylic acids is 1. The summed E-state index contributed by atoms with van der Waals surface area (Å²) in [7, 11) is 0. The molecule has 1 amide bonds. The molecule has 0 saturated carbocycles. The predicted molar refractivity (Wildman–Crippen MR) is 87.0 cm³/mol. The van der Waals surface area contributed by atoms with Crippen LogP contribution in [0.15, 0.2) is 60.1 Å². The third-order valence-corrected chi connectivity index (χ3v) is 3.98. The third-order valence-electron chi connectivity index (χ3n) is 2.91. The Hall–Kier alpha value is -2.17. The maximum atomic E-state index is 12.3. The smallest absolute Gasteiger partial charge is 0.255 e. The summed E-state index contributed by atoms with van der Waals surface area (Å²) in [5.74, 6) is -0.157. The zero-order chi connectivity index (χ0) is 14.7. The highest BCUT2D eigenvalue weighted by atomic mass is 35.5. The molecule has 1 aromatic heterocycles. The van der Waals surface area contributed by atoms with Gasteiger partial charge in [0.1, 0.15) is 5.01 Å². The lowest BCUT2D eigenvalue weighted by atomic mass is 10.1. The van der Waals surface area contributed by atoms with Gasteiger partial charge >= 0.3 is 0 Å². The summed E-state index contributed by atoms with van der Waals surface area (Å²) >= 11 is 7.37. The van der Waals surface area contributed by atoms with Crippen molar-refractivity contribution in [3.05, 3.63) is 70.7 Å². The normalized spacial score (nSPS) is 10.3. The molecule has 0 aliphatic carbocycles. The standard InChI is InChI=1S/C16H11ClN2OS/c17-13-4-6-14(7-5-13)19-15(20)11-2-1-3-12(10-11)16-18-8-9-21-16/h1-10H,(H,19,20). The minimum Gasteiger partial charge on any atom is -0.322 e. The Balaban J connectivity index is 1.81. The molecule has 0 atom stereocenters. The second-order valence-electron chi connectivity index (χ2n) is 4.38. The maximum Gasteiger partial charge on any atom is 0.255 e. The SMILES string of the molecule is O=C(Nc1ccc(Cl)cc1)c1cccc(-c2nccs2)c1. The predicted octanol–water partition coefficient (Wildman–Crippen LogP) is 4.72. The van der Waals surface area contributed by atoms with Gasteiger partial charge in [-0.05, 0) is 36.4 Å². The number of amides is 1. The summed E-state index contributed by atoms with van der Waals surface area (Å²) in [6.45, 7) is 0. The molecule has 0 spiro atoms. The van der Waals surface area contributed by atoms with E-state index >= 15 is 0 Å². The first-order chi connectivity index (χ1) is 10.2. The van der Waals surface area contributed by atoms with Gasteiger partial charge in [0.05, 0.1) is 0 Å². The van der Waals surface area contributed by atoms with Crippen molar-refractivity contribution in [1.82, 2.24) is 4.98 Å². The quantitative estimate of drug-likeness (QED) is 0.760. The number of hydrogen-bond acceptors (Lipinski definition) is 3. The average Bonchev–Trinajstić information content (AvgIpc) is 3.04. The Morgan fingerprint density at radius 3 is 2.67 bits per heavy atom. The third kappa shape index (κ3) is 3.29. The summed E-state index contributed by atoms with van der Waals surface area (Å²) in [4.78, 5) is 16.5. The van der Waals surface area contributed by atoms with Gasteiger partial charge in [0.25, 0.3) is 5.91 Å². The molecule has 1 N–H and O–H groups in total. The van der Waals surface area contributed by atoms with Crippen molar-refractivity contribution in [3.8, 4) is 10.6 Å². The second-order valence-corrected chi connectivity index (χ2v) is 5.71. The van der Waals surface area contributed by atoms with Gasteiger partial charge in [-0.3, -0.25) is 4.79 Å². The van der Waals surface area contributed by atoms with Gasteiger partial charge < -0.3 is 5.32 Å². The molecule has 21 heavy (non-hydrogen) atoms. The highest BCUT2D eigenvalue weighted by Gasteiger charge is 2.08. The summed E-state index contributed by atoms with van der Waals surface area (Å²) in [6.07, 6.45) is 1.75. The van der Waals surface area contributed by atoms with Crippen LogP contribution in [0.3, 0.4) is 0 Å². The fourth-order valence-corrected chi connectivity index (χ4v) is 2.66. The zero-order valence-corrected chi connectivity index (χ0v) is 12.5. The highest BCUT2D eigenvalue weighted by molar-refractivity contribution is 7.13. The van der Waals surface area contributed by atoms with Gasteiger partial charge in [0.2, 0.25) is 0 Å². The number of thiazole rings is 1. The minimum absolute atomic E-state index is 0.157. The van der Waals surface area contributed by atoms with E-state index in [1.807, 2.05) is 23.6 Å². The van der Waals surface area contributed by atoms with Crippen LogP contribution in [0, 0.1) is 0 Å². The number of halogens is 1. The minimum atomic E-state index is -0.157. The highest BCUT2D eigenvalue weighted by Crippen LogP contribution is 2.23. The van der Waals surface area contributed by atoms with Crippen LogP contribution < -0.4 is 5.32 Å². The van der Waals surface area contributed by atoms with Crippen molar-refractivity contribution in [1.29, 1.82) is 0 Å². The van der Waals surface area contributed by atoms with Crippen molar-refractivity contribution in [2.24, 2.45) is 0 Å². The van der Waals surface area contributed by atoms with E-state index in [0.717, 1.165) is 10.6 Å². The summed E-state index contributed by atoms with van der Waals surface area (Å²) in [5, 5.41) is 6.29. The molecular weight excluding hydrogens is 304 g/mol. The van der Waals surface area contributed by atoms with E-state index < -0.39 is 0 Å². The number of benzene rings is 2. The van der Waals surface area contributed by atoms with Crippen molar-refractivity contribution in [3.63, 3.8) is 0 Å². The molecule has 3 rings (SSSR count). The van der Waals surface area contributed by atoms with Crippen molar-refractivity contribution >= 4 is 34.5 Å². The number of carbonyl (C=O) groups is 1. The molecule has 0 unspecified atom stereocenters. The Bertz CT molecular complexity index is 754. The van der Waals surface area contributed by atoms with Crippen LogP contribution in [0.4, 0.5) is 5.69 Å². The first kappa shape index (κ1) is 13.8. The van der Waals surface area contributed by atoms with E-state index in [1.54, 1.807) is 47.9 Å². The summed E-state index contributed by atoms with van der Waals surface area (Å²) < 4.78 is 0. The maximum absolute atomic E-state index is 12.3. The Morgan fingerprint density at radius 1 is 1.14 bits per heavy atom. The molecule has 2 aromatic carbocycles. The summed E-state index contributed by atoms with van der Waals surface area (Å²) in [5.41, 5.74) is 2.25. The van der Waals surface area contributed by atoms with E-state index in [4.69, 9.17) is 11.6 Å². The molecule has 5 heteroatoms. The molecule has 3 aromatic rings. The lowest BCUT2D eigenvalue weighted by Gasteiger charge is -2.06. The molecule has 0 aliphatic heterocycles. The first-order valence-corrected chi connectivity index (χ1v) is 7.55. The fourth-order valence-electron chi connectivity index (χ4n) is 1.90. The lowest BCUT2D eigenvalue weighted by Crippen LogP contribution is -2.11. The Morgan fingerprint density at radius 2 is 1.95 bits per heavy atom. The fraction of sp³-hybridized carbons (Fsp3) is 0. The molecule has 104 valence electrons. The van der Waals surface area contributed by atoms with Crippen molar-refractivity contribution in [2.45, 2.75) is 0 Å². The largest absolute Gasteiger partial charge is 0.322 e. The number of anilines is 1. The zero-order valence-electron chi connectivity index (χ0n) is 10.9. The molecule has 0 bridgehead atoms. The van der Waals surface area contributed by atoms with Gasteiger partial charge in [-0.25, -0.2) is 4.98 Å². The van der Waals surface area contributed by atoms with Crippen LogP contribution >= 0.6 is 22.9 Å². The van der Waals surface area contributed by atoms with E-state index in [2.05, 4.69) is 10.3 Å². The lowest BCUT2D eigenvalue weighted by molar-refractivity contribution is 0.102. The van der Waals surface area contributed by atoms with Crippen LogP contribution in [0.2, 0.25) is 5.02 Å². The molecule has 0 saturated heterocycles. The van der Waals surface area contributed by atoms with E-state index in [9.17, 15) is 4.79 Å². The van der Waals surface area contributed by atoms with Gasteiger partial charge in [0.15, 0.2) is 0 Å². The topological polar surface area (TPSA) is 42.0 Å². The monoisotopic (exact) mass is 314 g/mol. The van der Waals surface area contributed by atoms with Crippen LogP contribution in [0.1, 0.15) is 10.4 Å². The molecular formula is C16H11ClN2OS. The van der Waals surface area contributed by atoms with Crippen molar-refractivity contribution < 1.29 is 4.79 Å². The number of hydrogen-bond donors (Lipinski definition) is 1. The number of nitrogens with zero attached hydrogens (tertiary/aromatic N) is 1. The Labute approximate surface area is 131 Å². The van der Waals surface area contributed by atoms with Crippen molar-refractivity contribution in [2.75, 3.05) is 5.32 Å². The number of rotatable bonds is 3. The number of nitrogens with one attached hydrogen (secondary N) is 1. The molecule has 3 nitrogen and oxygen atoms in total. The first-order valence-electron chi connectivity index (χ1n) is 6.29. The second kappa shape index (κ2) is 6.08. The van der Waals surface area contributed by atoms with E-state index in [-0.39, 0.29) is 5.91 Å². The van der Waals surface area contributed by atoms with Crippen LogP contribution in [-0.4, -0.2) is 10.9 Å². The van der Waals surface area contributed by atoms with Gasteiger partial charge in [0, 0.05) is 33.4 Å². The van der Waals surface area contributed by atoms with Crippen LogP contribution in [0.5, 0.6) is 0 Å². The molecule has 0 aliphatic rings. The van der Waals surface area contributed by atoms with Gasteiger partial charge in [-0.15, -0.1) is 11.3 Å². The van der Waals surface area contributed by atoms with E-state index in [0.29, 0.717) is 16.3 Å². The molecule has 0 fully saturated rings. The Kier molecular flexibility index (Phi) is 3.99. The van der Waals surface area contributed by atoms with Crippen LogP contribution in [-0.2, 0) is 0 Å². The van der Waals surface area contributed by atoms with Gasteiger partial charge in [-0.2, -0.15) is 0 Å². The summed E-state index contributed by atoms with van der Waals surface area (Å²) in [6, 6.07) is 14.4. The molecule has 1 heterocycles. The molecule has 0 radical (unpaired) electrons. The number of aromatic nitrogens is 1. The van der Waals surface area contributed by atoms with Gasteiger partial charge in [-0.1, -0.05) is 23.7 Å². The van der Waals surface area contributed by atoms with E-state index in [1.165, 1.54) is 0 Å². The average molecular weight is 315 g/mol.